The Bertz CT molecular complexity index is 964. The number of fused-ring (bicyclic) bond motifs is 1. The molecule has 0 radical (unpaired) electrons. The van der Waals surface area contributed by atoms with Crippen molar-refractivity contribution < 1.29 is 4.79 Å². The lowest BCUT2D eigenvalue weighted by Gasteiger charge is -2.34. The molecule has 4 rings (SSSR count). The lowest BCUT2D eigenvalue weighted by atomic mass is 10.2. The monoisotopic (exact) mass is 383 g/mol. The van der Waals surface area contributed by atoms with Crippen molar-refractivity contribution in [3.8, 4) is 0 Å². The molecular formula is C20H21N3OS2. The fraction of sp³-hybridized carbons (Fsp3) is 0.300. The van der Waals surface area contributed by atoms with E-state index < -0.39 is 0 Å². The largest absolute Gasteiger partial charge is 0.352 e. The maximum atomic E-state index is 12.6. The number of piperazine rings is 1. The Balaban J connectivity index is 1.42. The molecule has 2 aromatic heterocycles. The first kappa shape index (κ1) is 17.2. The minimum atomic E-state index is 0.108. The van der Waals surface area contributed by atoms with Crippen LogP contribution in [0.1, 0.15) is 16.7 Å². The van der Waals surface area contributed by atoms with Gasteiger partial charge in [0.1, 0.15) is 5.82 Å². The van der Waals surface area contributed by atoms with Crippen LogP contribution in [0, 0.1) is 6.92 Å². The van der Waals surface area contributed by atoms with E-state index in [0.717, 1.165) is 37.6 Å². The van der Waals surface area contributed by atoms with Crippen LogP contribution >= 0.6 is 22.9 Å². The molecule has 3 heterocycles. The molecule has 134 valence electrons. The summed E-state index contributed by atoms with van der Waals surface area (Å²) >= 11 is 3.27. The summed E-state index contributed by atoms with van der Waals surface area (Å²) in [5, 5.41) is 1.21. The summed E-state index contributed by atoms with van der Waals surface area (Å²) < 4.78 is 5.85. The Morgan fingerprint density at radius 1 is 1.12 bits per heavy atom. The third-order valence-corrected chi connectivity index (χ3v) is 6.67. The van der Waals surface area contributed by atoms with Crippen LogP contribution < -0.4 is 4.90 Å². The van der Waals surface area contributed by atoms with E-state index in [2.05, 4.69) is 46.5 Å². The number of aromatic nitrogens is 1. The number of allylic oxidation sites excluding steroid dienone is 1. The van der Waals surface area contributed by atoms with Crippen LogP contribution in [0.4, 0.5) is 5.82 Å². The molecule has 1 fully saturated rings. The molecule has 26 heavy (non-hydrogen) atoms. The predicted octanol–water partition coefficient (Wildman–Crippen LogP) is 4.42. The van der Waals surface area contributed by atoms with Crippen molar-refractivity contribution in [3.05, 3.63) is 52.2 Å². The lowest BCUT2D eigenvalue weighted by Crippen LogP contribution is -2.48. The highest BCUT2D eigenvalue weighted by molar-refractivity contribution is 7.13. The molecule has 0 N–H and O–H groups in total. The van der Waals surface area contributed by atoms with Crippen LogP contribution in [-0.2, 0) is 4.79 Å². The van der Waals surface area contributed by atoms with E-state index in [1.54, 1.807) is 28.9 Å². The van der Waals surface area contributed by atoms with Gasteiger partial charge in [0, 0.05) is 47.4 Å². The van der Waals surface area contributed by atoms with E-state index in [9.17, 15) is 4.79 Å². The Morgan fingerprint density at radius 2 is 1.88 bits per heavy atom. The molecule has 1 amide bonds. The fourth-order valence-corrected chi connectivity index (χ4v) is 4.87. The highest BCUT2D eigenvalue weighted by Gasteiger charge is 2.23. The maximum absolute atomic E-state index is 12.6. The van der Waals surface area contributed by atoms with Crippen molar-refractivity contribution in [2.24, 2.45) is 0 Å². The number of benzene rings is 1. The molecule has 1 aliphatic rings. The number of carbonyl (C=O) groups is 1. The third-order valence-electron chi connectivity index (χ3n) is 4.72. The van der Waals surface area contributed by atoms with Gasteiger partial charge in [-0.05, 0) is 55.2 Å². The van der Waals surface area contributed by atoms with Gasteiger partial charge in [0.2, 0.25) is 5.91 Å². The van der Waals surface area contributed by atoms with Gasteiger partial charge in [-0.25, -0.2) is 0 Å². The Morgan fingerprint density at radius 3 is 2.62 bits per heavy atom. The second-order valence-corrected chi connectivity index (χ2v) is 8.65. The van der Waals surface area contributed by atoms with E-state index >= 15 is 0 Å². The number of amides is 1. The first-order valence-corrected chi connectivity index (χ1v) is 10.3. The topological polar surface area (TPSA) is 36.4 Å². The summed E-state index contributed by atoms with van der Waals surface area (Å²) in [6, 6.07) is 12.5. The van der Waals surface area contributed by atoms with E-state index in [0.29, 0.717) is 0 Å². The fourth-order valence-electron chi connectivity index (χ4n) is 3.23. The number of anilines is 1. The second-order valence-electron chi connectivity index (χ2n) is 6.55. The summed E-state index contributed by atoms with van der Waals surface area (Å²) in [5.74, 6) is 1.16. The molecule has 3 aromatic rings. The molecule has 0 atom stereocenters. The van der Waals surface area contributed by atoms with Crippen LogP contribution in [0.25, 0.3) is 15.7 Å². The molecule has 1 saturated heterocycles. The van der Waals surface area contributed by atoms with Crippen molar-refractivity contribution in [2.75, 3.05) is 31.1 Å². The minimum absolute atomic E-state index is 0.108. The van der Waals surface area contributed by atoms with Crippen LogP contribution in [-0.4, -0.2) is 41.4 Å². The minimum Gasteiger partial charge on any atom is -0.352 e. The summed E-state index contributed by atoms with van der Waals surface area (Å²) in [4.78, 5) is 19.3. The van der Waals surface area contributed by atoms with Gasteiger partial charge in [0.25, 0.3) is 0 Å². The Kier molecular flexibility index (Phi) is 4.78. The van der Waals surface area contributed by atoms with Crippen molar-refractivity contribution in [1.29, 1.82) is 0 Å². The summed E-state index contributed by atoms with van der Waals surface area (Å²) in [6.07, 6.45) is 1.78. The van der Waals surface area contributed by atoms with Crippen LogP contribution in [0.5, 0.6) is 0 Å². The van der Waals surface area contributed by atoms with Crippen molar-refractivity contribution in [1.82, 2.24) is 9.27 Å². The number of rotatable bonds is 3. The SMILES string of the molecule is CC(=CC(=O)N1CCN(c2nsc3ccccc23)CC1)c1ccc(C)s1. The third kappa shape index (κ3) is 3.39. The zero-order chi connectivity index (χ0) is 18.1. The van der Waals surface area contributed by atoms with E-state index in [4.69, 9.17) is 0 Å². The second kappa shape index (κ2) is 7.21. The van der Waals surface area contributed by atoms with Gasteiger partial charge in [-0.1, -0.05) is 12.1 Å². The van der Waals surface area contributed by atoms with Gasteiger partial charge in [-0.3, -0.25) is 4.79 Å². The summed E-state index contributed by atoms with van der Waals surface area (Å²) in [5.41, 5.74) is 1.04. The van der Waals surface area contributed by atoms with Gasteiger partial charge in [-0.15, -0.1) is 11.3 Å². The van der Waals surface area contributed by atoms with Crippen molar-refractivity contribution in [2.45, 2.75) is 13.8 Å². The van der Waals surface area contributed by atoms with Crippen LogP contribution in [0.2, 0.25) is 0 Å². The number of nitrogens with zero attached hydrogens (tertiary/aromatic N) is 3. The molecule has 1 aromatic carbocycles. The number of hydrogen-bond acceptors (Lipinski definition) is 5. The van der Waals surface area contributed by atoms with Crippen LogP contribution in [0.3, 0.4) is 0 Å². The summed E-state index contributed by atoms with van der Waals surface area (Å²) in [6.45, 7) is 7.22. The van der Waals surface area contributed by atoms with Gasteiger partial charge in [0.15, 0.2) is 0 Å². The van der Waals surface area contributed by atoms with Gasteiger partial charge in [0.05, 0.1) is 4.70 Å². The van der Waals surface area contributed by atoms with Crippen LogP contribution in [0.15, 0.2) is 42.5 Å². The number of thiophene rings is 1. The van der Waals surface area contributed by atoms with Gasteiger partial charge >= 0.3 is 0 Å². The lowest BCUT2D eigenvalue weighted by molar-refractivity contribution is -0.126. The number of hydrogen-bond donors (Lipinski definition) is 0. The first-order chi connectivity index (χ1) is 12.6. The average molecular weight is 384 g/mol. The molecule has 0 bridgehead atoms. The van der Waals surface area contributed by atoms with Gasteiger partial charge in [-0.2, -0.15) is 4.37 Å². The molecular weight excluding hydrogens is 362 g/mol. The zero-order valence-corrected chi connectivity index (χ0v) is 16.6. The maximum Gasteiger partial charge on any atom is 0.246 e. The highest BCUT2D eigenvalue weighted by Crippen LogP contribution is 2.30. The normalized spacial score (nSPS) is 15.7. The molecule has 4 nitrogen and oxygen atoms in total. The summed E-state index contributed by atoms with van der Waals surface area (Å²) in [7, 11) is 0. The number of carbonyl (C=O) groups excluding carboxylic acids is 1. The first-order valence-electron chi connectivity index (χ1n) is 8.75. The van der Waals surface area contributed by atoms with Crippen molar-refractivity contribution in [3.63, 3.8) is 0 Å². The highest BCUT2D eigenvalue weighted by atomic mass is 32.1. The Hall–Kier alpha value is -2.18. The molecule has 0 unspecified atom stereocenters. The molecule has 0 spiro atoms. The smallest absolute Gasteiger partial charge is 0.246 e. The van der Waals surface area contributed by atoms with E-state index in [1.165, 1.54) is 19.8 Å². The van der Waals surface area contributed by atoms with Crippen molar-refractivity contribution >= 4 is 50.3 Å². The predicted molar refractivity (Wildman–Crippen MR) is 111 cm³/mol. The molecule has 0 saturated carbocycles. The standard InChI is InChI=1S/C20H21N3OS2/c1-14(17-8-7-15(2)25-17)13-19(24)22-9-11-23(12-10-22)20-16-5-3-4-6-18(16)26-21-20/h3-8,13H,9-12H2,1-2H3. The Labute approximate surface area is 161 Å². The molecule has 0 aliphatic carbocycles. The van der Waals surface area contributed by atoms with E-state index in [-0.39, 0.29) is 5.91 Å². The average Bonchev–Trinajstić information content (AvgIpc) is 3.28. The zero-order valence-electron chi connectivity index (χ0n) is 14.9. The molecule has 6 heteroatoms. The van der Waals surface area contributed by atoms with E-state index in [1.807, 2.05) is 17.9 Å². The van der Waals surface area contributed by atoms with Gasteiger partial charge < -0.3 is 9.80 Å². The number of aryl methyl sites for hydroxylation is 1. The quantitative estimate of drug-likeness (QED) is 0.628. The molecule has 1 aliphatic heterocycles.